The van der Waals surface area contributed by atoms with E-state index < -0.39 is 5.91 Å². The number of hydrogen-bond acceptors (Lipinski definition) is 4. The molecule has 1 aliphatic heterocycles. The number of carbonyl (C=O) groups is 1. The zero-order valence-electron chi connectivity index (χ0n) is 7.69. The Labute approximate surface area is 87.8 Å². The quantitative estimate of drug-likeness (QED) is 0.696. The summed E-state index contributed by atoms with van der Waals surface area (Å²) in [5, 5.41) is 0. The zero-order valence-corrected chi connectivity index (χ0v) is 9.41. The fraction of sp³-hybridized carbons (Fsp3) is 0.500. The summed E-state index contributed by atoms with van der Waals surface area (Å²) in [5.74, 6) is -0.111. The van der Waals surface area contributed by atoms with E-state index in [2.05, 4.69) is 9.88 Å². The van der Waals surface area contributed by atoms with Gasteiger partial charge < -0.3 is 0 Å². The number of primary amides is 1. The van der Waals surface area contributed by atoms with Crippen molar-refractivity contribution in [2.75, 3.05) is 23.7 Å². The molecule has 4 N–H and O–H groups in total. The van der Waals surface area contributed by atoms with Crippen LogP contribution in [0.2, 0.25) is 0 Å². The van der Waals surface area contributed by atoms with E-state index in [9.17, 15) is 4.79 Å². The molecular formula is C8H12N4OSe. The van der Waals surface area contributed by atoms with E-state index in [0.29, 0.717) is 10.3 Å². The number of anilines is 2. The van der Waals surface area contributed by atoms with Crippen molar-refractivity contribution in [1.82, 2.24) is 4.98 Å². The summed E-state index contributed by atoms with van der Waals surface area (Å²) in [6.45, 7) is 2.06. The maximum atomic E-state index is 11.0. The Morgan fingerprint density at radius 1 is 1.43 bits per heavy atom. The van der Waals surface area contributed by atoms with Crippen LogP contribution >= 0.6 is 0 Å². The van der Waals surface area contributed by atoms with E-state index in [-0.39, 0.29) is 14.5 Å². The molecule has 14 heavy (non-hydrogen) atoms. The van der Waals surface area contributed by atoms with Crippen LogP contribution in [-0.2, 0) is 0 Å². The Morgan fingerprint density at radius 3 is 2.57 bits per heavy atom. The summed E-state index contributed by atoms with van der Waals surface area (Å²) in [6.07, 6.45) is 2.39. The summed E-state index contributed by atoms with van der Waals surface area (Å²) >= 11 is -0.0831. The summed E-state index contributed by atoms with van der Waals surface area (Å²) in [6, 6.07) is 0. The first kappa shape index (κ1) is 9.55. The molecule has 0 unspecified atom stereocenters. The molecule has 0 aromatic carbocycles. The predicted molar refractivity (Wildman–Crippen MR) is 55.6 cm³/mol. The van der Waals surface area contributed by atoms with Gasteiger partial charge in [0.2, 0.25) is 0 Å². The number of amides is 1. The maximum absolute atomic E-state index is 11.0. The van der Waals surface area contributed by atoms with Crippen LogP contribution in [0.1, 0.15) is 22.1 Å². The van der Waals surface area contributed by atoms with Crippen molar-refractivity contribution in [2.24, 2.45) is 5.73 Å². The minimum atomic E-state index is -0.430. The average Bonchev–Trinajstić information content (AvgIpc) is 2.70. The molecular weight excluding hydrogens is 247 g/mol. The fourth-order valence-corrected chi connectivity index (χ4v) is 3.41. The van der Waals surface area contributed by atoms with Crippen molar-refractivity contribution in [3.63, 3.8) is 0 Å². The number of hydrogen-bond donors (Lipinski definition) is 2. The Hall–Kier alpha value is -1.00. The molecule has 5 nitrogen and oxygen atoms in total. The molecule has 1 amide bonds. The summed E-state index contributed by atoms with van der Waals surface area (Å²) in [7, 11) is 0. The SMILES string of the molecule is NC(=O)c1[se]c(N2CCCC2)nc1N. The molecule has 1 aromatic rings. The molecule has 0 atom stereocenters. The Balaban J connectivity index is 2.27. The molecule has 2 heterocycles. The van der Waals surface area contributed by atoms with Crippen molar-refractivity contribution < 1.29 is 4.79 Å². The van der Waals surface area contributed by atoms with Crippen molar-refractivity contribution in [3.8, 4) is 0 Å². The molecule has 0 spiro atoms. The van der Waals surface area contributed by atoms with Crippen LogP contribution in [0, 0.1) is 0 Å². The fourth-order valence-electron chi connectivity index (χ4n) is 1.54. The third-order valence-electron chi connectivity index (χ3n) is 2.24. The first-order valence-corrected chi connectivity index (χ1v) is 6.21. The molecule has 76 valence electrons. The third-order valence-corrected chi connectivity index (χ3v) is 4.65. The number of rotatable bonds is 2. The Kier molecular flexibility index (Phi) is 2.48. The second kappa shape index (κ2) is 3.63. The van der Waals surface area contributed by atoms with Gasteiger partial charge in [-0.05, 0) is 0 Å². The molecule has 6 heteroatoms. The minimum absolute atomic E-state index is 0.0831. The molecule has 1 saturated heterocycles. The first-order valence-electron chi connectivity index (χ1n) is 4.49. The van der Waals surface area contributed by atoms with E-state index in [1.54, 1.807) is 0 Å². The second-order valence-electron chi connectivity index (χ2n) is 3.27. The van der Waals surface area contributed by atoms with Gasteiger partial charge in [-0.15, -0.1) is 0 Å². The topological polar surface area (TPSA) is 85.2 Å². The van der Waals surface area contributed by atoms with E-state index >= 15 is 0 Å². The van der Waals surface area contributed by atoms with Gasteiger partial charge in [-0.2, -0.15) is 0 Å². The van der Waals surface area contributed by atoms with E-state index in [1.165, 1.54) is 12.8 Å². The average molecular weight is 259 g/mol. The zero-order chi connectivity index (χ0) is 10.1. The van der Waals surface area contributed by atoms with Gasteiger partial charge in [-0.1, -0.05) is 0 Å². The predicted octanol–water partition coefficient (Wildman–Crippen LogP) is -0.580. The van der Waals surface area contributed by atoms with E-state index in [1.807, 2.05) is 0 Å². The first-order chi connectivity index (χ1) is 6.68. The van der Waals surface area contributed by atoms with E-state index in [0.717, 1.165) is 17.8 Å². The van der Waals surface area contributed by atoms with Gasteiger partial charge in [-0.3, -0.25) is 0 Å². The Morgan fingerprint density at radius 2 is 2.07 bits per heavy atom. The van der Waals surface area contributed by atoms with Crippen molar-refractivity contribution in [2.45, 2.75) is 12.8 Å². The van der Waals surface area contributed by atoms with Crippen LogP contribution in [0.25, 0.3) is 0 Å². The van der Waals surface area contributed by atoms with Crippen molar-refractivity contribution >= 4 is 30.9 Å². The number of nitrogens with zero attached hydrogens (tertiary/aromatic N) is 2. The summed E-state index contributed by atoms with van der Waals surface area (Å²) in [5.41, 5.74) is 10.8. The van der Waals surface area contributed by atoms with Crippen LogP contribution in [-0.4, -0.2) is 38.5 Å². The van der Waals surface area contributed by atoms with Gasteiger partial charge in [0.15, 0.2) is 0 Å². The van der Waals surface area contributed by atoms with Crippen LogP contribution < -0.4 is 16.4 Å². The van der Waals surface area contributed by atoms with Gasteiger partial charge in [-0.25, -0.2) is 0 Å². The van der Waals surface area contributed by atoms with Gasteiger partial charge in [0.05, 0.1) is 0 Å². The molecule has 0 radical (unpaired) electrons. The monoisotopic (exact) mass is 260 g/mol. The van der Waals surface area contributed by atoms with Crippen LogP contribution in [0.5, 0.6) is 0 Å². The van der Waals surface area contributed by atoms with Gasteiger partial charge in [0.1, 0.15) is 0 Å². The summed E-state index contributed by atoms with van der Waals surface area (Å²) in [4.78, 5) is 17.4. The number of nitrogen functional groups attached to an aromatic ring is 1. The van der Waals surface area contributed by atoms with Crippen molar-refractivity contribution in [1.29, 1.82) is 0 Å². The molecule has 1 aliphatic rings. The standard InChI is InChI=1S/C8H12N4OSe/c9-6-5(7(10)13)14-8(11-6)12-3-1-2-4-12/h1-4,9H2,(H2,10,13). The molecule has 1 aromatic heterocycles. The molecule has 1 fully saturated rings. The number of aromatic nitrogens is 1. The molecule has 2 rings (SSSR count). The van der Waals surface area contributed by atoms with Gasteiger partial charge in [0.25, 0.3) is 0 Å². The van der Waals surface area contributed by atoms with Gasteiger partial charge >= 0.3 is 87.4 Å². The summed E-state index contributed by atoms with van der Waals surface area (Å²) < 4.78 is 1.47. The molecule has 0 saturated carbocycles. The van der Waals surface area contributed by atoms with Crippen LogP contribution in [0.15, 0.2) is 0 Å². The molecule has 0 bridgehead atoms. The van der Waals surface area contributed by atoms with Gasteiger partial charge in [0, 0.05) is 0 Å². The normalized spacial score (nSPS) is 16.1. The third kappa shape index (κ3) is 1.63. The number of nitrogens with two attached hydrogens (primary N) is 2. The van der Waals surface area contributed by atoms with Crippen LogP contribution in [0.4, 0.5) is 10.5 Å². The Bertz CT molecular complexity index is 356. The molecule has 0 aliphatic carbocycles. The second-order valence-corrected chi connectivity index (χ2v) is 5.32. The van der Waals surface area contributed by atoms with E-state index in [4.69, 9.17) is 11.5 Å². The van der Waals surface area contributed by atoms with Crippen molar-refractivity contribution in [3.05, 3.63) is 4.44 Å². The van der Waals surface area contributed by atoms with Crippen LogP contribution in [0.3, 0.4) is 0 Å². The number of carbonyl (C=O) groups excluding carboxylic acids is 1.